The van der Waals surface area contributed by atoms with Crippen molar-refractivity contribution in [1.29, 1.82) is 0 Å². The van der Waals surface area contributed by atoms with Gasteiger partial charge in [-0.3, -0.25) is 5.32 Å². The van der Waals surface area contributed by atoms with Crippen LogP contribution in [0.2, 0.25) is 0 Å². The minimum absolute atomic E-state index is 0.347. The summed E-state index contributed by atoms with van der Waals surface area (Å²) in [6.07, 6.45) is 5.39. The van der Waals surface area contributed by atoms with Gasteiger partial charge >= 0.3 is 0 Å². The van der Waals surface area contributed by atoms with Crippen molar-refractivity contribution in [3.8, 4) is 0 Å². The second kappa shape index (κ2) is 5.78. The van der Waals surface area contributed by atoms with E-state index in [1.54, 1.807) is 0 Å². The average Bonchev–Trinajstić information content (AvgIpc) is 3.09. The normalized spacial score (nSPS) is 24.2. The molecule has 3 nitrogen and oxygen atoms in total. The van der Waals surface area contributed by atoms with E-state index in [9.17, 15) is 0 Å². The van der Waals surface area contributed by atoms with Gasteiger partial charge in [-0.15, -0.1) is 11.8 Å². The number of benzene rings is 1. The molecule has 0 amide bonds. The Bertz CT molecular complexity index is 433. The summed E-state index contributed by atoms with van der Waals surface area (Å²) < 4.78 is 0. The molecule has 3 aliphatic rings. The highest BCUT2D eigenvalue weighted by Crippen LogP contribution is 2.34. The monoisotopic (exact) mass is 261 g/mol. The Morgan fingerprint density at radius 2 is 1.94 bits per heavy atom. The molecule has 2 saturated heterocycles. The van der Waals surface area contributed by atoms with Crippen LogP contribution in [0.15, 0.2) is 29.2 Å². The Balaban J connectivity index is 0.000000169. The van der Waals surface area contributed by atoms with E-state index in [4.69, 9.17) is 0 Å². The van der Waals surface area contributed by atoms with Gasteiger partial charge in [0.25, 0.3) is 0 Å². The fourth-order valence-corrected chi connectivity index (χ4v) is 3.26. The molecule has 3 heterocycles. The van der Waals surface area contributed by atoms with Crippen LogP contribution in [0, 0.1) is 0 Å². The standard InChI is InChI=1S/C10H10N2S.C4H9N/c1-2-4-8-7(3-1)5-9-10(12-8)11-6-13-9;1-2-4-5-3-1/h1-5,10-12H,6H2;5H,1-4H2. The Morgan fingerprint density at radius 1 is 1.11 bits per heavy atom. The number of anilines is 1. The van der Waals surface area contributed by atoms with Crippen molar-refractivity contribution in [3.05, 3.63) is 34.7 Å². The minimum Gasteiger partial charge on any atom is -0.365 e. The molecular weight excluding hydrogens is 242 g/mol. The highest BCUT2D eigenvalue weighted by atomic mass is 32.2. The van der Waals surface area contributed by atoms with Crippen molar-refractivity contribution in [2.75, 3.05) is 24.3 Å². The topological polar surface area (TPSA) is 36.1 Å². The maximum Gasteiger partial charge on any atom is 0.110 e. The van der Waals surface area contributed by atoms with Crippen LogP contribution in [-0.2, 0) is 0 Å². The first-order valence-electron chi connectivity index (χ1n) is 6.57. The molecular formula is C14H19N3S. The van der Waals surface area contributed by atoms with Crippen LogP contribution in [0.3, 0.4) is 0 Å². The zero-order chi connectivity index (χ0) is 12.2. The van der Waals surface area contributed by atoms with Crippen LogP contribution in [0.4, 0.5) is 5.69 Å². The molecule has 0 aromatic heterocycles. The highest BCUT2D eigenvalue weighted by Gasteiger charge is 2.24. The molecule has 3 aliphatic heterocycles. The summed E-state index contributed by atoms with van der Waals surface area (Å²) in [5.74, 6) is 1.01. The second-order valence-electron chi connectivity index (χ2n) is 4.66. The highest BCUT2D eigenvalue weighted by molar-refractivity contribution is 8.03. The number of para-hydroxylation sites is 1. The largest absolute Gasteiger partial charge is 0.365 e. The summed E-state index contributed by atoms with van der Waals surface area (Å²) in [5.41, 5.74) is 2.52. The number of nitrogens with one attached hydrogen (secondary N) is 3. The second-order valence-corrected chi connectivity index (χ2v) is 5.71. The van der Waals surface area contributed by atoms with Gasteiger partial charge in [-0.25, -0.2) is 0 Å². The number of hydrogen-bond acceptors (Lipinski definition) is 4. The van der Waals surface area contributed by atoms with E-state index in [0.29, 0.717) is 6.17 Å². The molecule has 0 bridgehead atoms. The summed E-state index contributed by atoms with van der Waals surface area (Å²) in [6, 6.07) is 8.40. The average molecular weight is 261 g/mol. The lowest BCUT2D eigenvalue weighted by molar-refractivity contribution is 0.740. The Morgan fingerprint density at radius 3 is 2.72 bits per heavy atom. The third-order valence-corrected chi connectivity index (χ3v) is 4.32. The van der Waals surface area contributed by atoms with E-state index in [1.807, 2.05) is 11.8 Å². The van der Waals surface area contributed by atoms with E-state index >= 15 is 0 Å². The van der Waals surface area contributed by atoms with Crippen molar-refractivity contribution >= 4 is 23.5 Å². The molecule has 0 aliphatic carbocycles. The van der Waals surface area contributed by atoms with Gasteiger partial charge in [-0.1, -0.05) is 18.2 Å². The number of hydrogen-bond donors (Lipinski definition) is 3. The van der Waals surface area contributed by atoms with E-state index in [0.717, 1.165) is 5.88 Å². The van der Waals surface area contributed by atoms with Crippen LogP contribution in [0.5, 0.6) is 0 Å². The molecule has 0 spiro atoms. The molecule has 1 aromatic rings. The van der Waals surface area contributed by atoms with Crippen molar-refractivity contribution in [2.24, 2.45) is 0 Å². The summed E-state index contributed by atoms with van der Waals surface area (Å²) in [4.78, 5) is 1.40. The molecule has 2 fully saturated rings. The van der Waals surface area contributed by atoms with E-state index in [2.05, 4.69) is 46.3 Å². The van der Waals surface area contributed by atoms with Crippen LogP contribution in [-0.4, -0.2) is 25.1 Å². The molecule has 0 saturated carbocycles. The van der Waals surface area contributed by atoms with Gasteiger partial charge in [0.1, 0.15) is 6.17 Å². The van der Waals surface area contributed by atoms with E-state index < -0.39 is 0 Å². The predicted octanol–water partition coefficient (Wildman–Crippen LogP) is 2.44. The predicted molar refractivity (Wildman–Crippen MR) is 79.5 cm³/mol. The van der Waals surface area contributed by atoms with Gasteiger partial charge in [0.15, 0.2) is 0 Å². The van der Waals surface area contributed by atoms with Crippen molar-refractivity contribution in [3.63, 3.8) is 0 Å². The molecule has 1 atom stereocenters. The van der Waals surface area contributed by atoms with Gasteiger partial charge in [-0.2, -0.15) is 0 Å². The van der Waals surface area contributed by atoms with Crippen molar-refractivity contribution < 1.29 is 0 Å². The van der Waals surface area contributed by atoms with Crippen LogP contribution >= 0.6 is 11.8 Å². The smallest absolute Gasteiger partial charge is 0.110 e. The lowest BCUT2D eigenvalue weighted by atomic mass is 10.1. The van der Waals surface area contributed by atoms with Gasteiger partial charge < -0.3 is 10.6 Å². The molecule has 96 valence electrons. The molecule has 1 aromatic carbocycles. The summed E-state index contributed by atoms with van der Waals surface area (Å²) in [5, 5.41) is 10.1. The van der Waals surface area contributed by atoms with Crippen LogP contribution in [0.25, 0.3) is 6.08 Å². The maximum absolute atomic E-state index is 3.46. The minimum atomic E-state index is 0.347. The Hall–Kier alpha value is -0.970. The number of rotatable bonds is 0. The zero-order valence-electron chi connectivity index (χ0n) is 10.4. The lowest BCUT2D eigenvalue weighted by Crippen LogP contribution is -2.32. The molecule has 1 unspecified atom stereocenters. The van der Waals surface area contributed by atoms with E-state index in [1.165, 1.54) is 42.1 Å². The summed E-state index contributed by atoms with van der Waals surface area (Å²) in [6.45, 7) is 2.50. The molecule has 4 heteroatoms. The fraction of sp³-hybridized carbons (Fsp3) is 0.429. The quantitative estimate of drug-likeness (QED) is 0.670. The molecule has 3 N–H and O–H groups in total. The molecule has 4 rings (SSSR count). The first kappa shape index (κ1) is 12.1. The van der Waals surface area contributed by atoms with Crippen LogP contribution in [0.1, 0.15) is 18.4 Å². The van der Waals surface area contributed by atoms with Gasteiger partial charge in [0.2, 0.25) is 0 Å². The summed E-state index contributed by atoms with van der Waals surface area (Å²) >= 11 is 1.88. The van der Waals surface area contributed by atoms with Crippen LogP contribution < -0.4 is 16.0 Å². The number of thioether (sulfide) groups is 1. The van der Waals surface area contributed by atoms with Gasteiger partial charge in [-0.05, 0) is 43.6 Å². The SMILES string of the molecule is C1=C2SCNC2Nc2ccccc21.C1CCNC1. The third-order valence-electron chi connectivity index (χ3n) is 3.33. The molecule has 18 heavy (non-hydrogen) atoms. The summed E-state index contributed by atoms with van der Waals surface area (Å²) in [7, 11) is 0. The first-order chi connectivity index (χ1) is 8.93. The fourth-order valence-electron chi connectivity index (χ4n) is 2.33. The zero-order valence-corrected chi connectivity index (χ0v) is 11.2. The van der Waals surface area contributed by atoms with Gasteiger partial charge in [0.05, 0.1) is 0 Å². The lowest BCUT2D eigenvalue weighted by Gasteiger charge is -2.22. The first-order valence-corrected chi connectivity index (χ1v) is 7.56. The van der Waals surface area contributed by atoms with E-state index in [-0.39, 0.29) is 0 Å². The maximum atomic E-state index is 3.46. The van der Waals surface area contributed by atoms with Gasteiger partial charge in [0, 0.05) is 16.5 Å². The molecule has 0 radical (unpaired) electrons. The Kier molecular flexibility index (Phi) is 3.88. The van der Waals surface area contributed by atoms with Crippen molar-refractivity contribution in [2.45, 2.75) is 19.0 Å². The third kappa shape index (κ3) is 2.71. The van der Waals surface area contributed by atoms with Crippen molar-refractivity contribution in [1.82, 2.24) is 10.6 Å². The number of fused-ring (bicyclic) bond motifs is 2. The Labute approximate surface area is 112 Å².